The monoisotopic (exact) mass is 438 g/mol. The molecule has 31 heavy (non-hydrogen) atoms. The summed E-state index contributed by atoms with van der Waals surface area (Å²) in [6.07, 6.45) is 0.587. The lowest BCUT2D eigenvalue weighted by molar-refractivity contribution is 0.413. The molecule has 3 aromatic carbocycles. The third-order valence-corrected chi connectivity index (χ3v) is 6.78. The van der Waals surface area contributed by atoms with Crippen LogP contribution in [0.2, 0.25) is 0 Å². The van der Waals surface area contributed by atoms with E-state index >= 15 is 0 Å². The SMILES string of the molecule is COc1cccc(C(C)NCC(Cc2ccccc2)NS(=O)(=O)c2ccc(C)cc2)c1. The second-order valence-corrected chi connectivity index (χ2v) is 9.44. The van der Waals surface area contributed by atoms with Gasteiger partial charge >= 0.3 is 0 Å². The van der Waals surface area contributed by atoms with Crippen molar-refractivity contribution in [3.63, 3.8) is 0 Å². The van der Waals surface area contributed by atoms with Gasteiger partial charge in [-0.25, -0.2) is 13.1 Å². The lowest BCUT2D eigenvalue weighted by Crippen LogP contribution is -2.44. The van der Waals surface area contributed by atoms with Crippen LogP contribution in [0.4, 0.5) is 0 Å². The van der Waals surface area contributed by atoms with Gasteiger partial charge in [0.25, 0.3) is 0 Å². The molecule has 0 bridgehead atoms. The van der Waals surface area contributed by atoms with Gasteiger partial charge in [0.1, 0.15) is 5.75 Å². The van der Waals surface area contributed by atoms with Gasteiger partial charge in [-0.2, -0.15) is 0 Å². The van der Waals surface area contributed by atoms with Crippen LogP contribution >= 0.6 is 0 Å². The highest BCUT2D eigenvalue weighted by Gasteiger charge is 2.21. The third kappa shape index (κ3) is 6.66. The Kier molecular flexibility index (Phi) is 7.85. The van der Waals surface area contributed by atoms with Gasteiger partial charge in [-0.3, -0.25) is 0 Å². The Morgan fingerprint density at radius 3 is 2.32 bits per heavy atom. The van der Waals surface area contributed by atoms with Crippen LogP contribution in [0.5, 0.6) is 5.75 Å². The van der Waals surface area contributed by atoms with Gasteiger partial charge in [-0.15, -0.1) is 0 Å². The molecule has 0 heterocycles. The molecule has 0 fully saturated rings. The summed E-state index contributed by atoms with van der Waals surface area (Å²) in [5.41, 5.74) is 3.18. The van der Waals surface area contributed by atoms with E-state index < -0.39 is 10.0 Å². The number of sulfonamides is 1. The zero-order valence-electron chi connectivity index (χ0n) is 18.2. The van der Waals surface area contributed by atoms with E-state index in [1.807, 2.05) is 73.7 Å². The van der Waals surface area contributed by atoms with Crippen LogP contribution in [0, 0.1) is 6.92 Å². The molecule has 0 spiro atoms. The highest BCUT2D eigenvalue weighted by Crippen LogP contribution is 2.19. The first-order valence-electron chi connectivity index (χ1n) is 10.4. The maximum Gasteiger partial charge on any atom is 0.240 e. The van der Waals surface area contributed by atoms with E-state index in [4.69, 9.17) is 4.74 Å². The highest BCUT2D eigenvalue weighted by atomic mass is 32.2. The lowest BCUT2D eigenvalue weighted by atomic mass is 10.0. The smallest absolute Gasteiger partial charge is 0.240 e. The molecule has 0 aliphatic carbocycles. The predicted molar refractivity (Wildman–Crippen MR) is 125 cm³/mol. The Bertz CT molecular complexity index is 1070. The largest absolute Gasteiger partial charge is 0.497 e. The molecule has 0 aromatic heterocycles. The summed E-state index contributed by atoms with van der Waals surface area (Å²) in [6.45, 7) is 4.48. The lowest BCUT2D eigenvalue weighted by Gasteiger charge is -2.23. The summed E-state index contributed by atoms with van der Waals surface area (Å²) in [7, 11) is -1.98. The van der Waals surface area contributed by atoms with Gasteiger partial charge in [-0.05, 0) is 55.7 Å². The number of nitrogens with one attached hydrogen (secondary N) is 2. The Hall–Kier alpha value is -2.67. The molecule has 5 nitrogen and oxygen atoms in total. The normalized spacial score (nSPS) is 13.5. The second kappa shape index (κ2) is 10.6. The molecule has 3 rings (SSSR count). The molecule has 6 heteroatoms. The molecule has 3 aromatic rings. The quantitative estimate of drug-likeness (QED) is 0.497. The van der Waals surface area contributed by atoms with Crippen molar-refractivity contribution in [1.82, 2.24) is 10.0 Å². The van der Waals surface area contributed by atoms with Crippen LogP contribution < -0.4 is 14.8 Å². The zero-order valence-corrected chi connectivity index (χ0v) is 19.0. The Morgan fingerprint density at radius 2 is 1.65 bits per heavy atom. The molecular weight excluding hydrogens is 408 g/mol. The van der Waals surface area contributed by atoms with Crippen molar-refractivity contribution in [3.05, 3.63) is 95.6 Å². The molecule has 2 atom stereocenters. The second-order valence-electron chi connectivity index (χ2n) is 7.73. The fourth-order valence-corrected chi connectivity index (χ4v) is 4.64. The summed E-state index contributed by atoms with van der Waals surface area (Å²) in [6, 6.07) is 24.4. The fraction of sp³-hybridized carbons (Fsp3) is 0.280. The summed E-state index contributed by atoms with van der Waals surface area (Å²) >= 11 is 0. The number of benzene rings is 3. The summed E-state index contributed by atoms with van der Waals surface area (Å²) in [5, 5.41) is 3.47. The van der Waals surface area contributed by atoms with Crippen LogP contribution in [-0.4, -0.2) is 28.1 Å². The Labute approximate surface area is 185 Å². The first kappa shape index (κ1) is 23.0. The Morgan fingerprint density at radius 1 is 0.935 bits per heavy atom. The third-order valence-electron chi connectivity index (χ3n) is 5.24. The maximum atomic E-state index is 13.0. The van der Waals surface area contributed by atoms with E-state index in [2.05, 4.69) is 17.0 Å². The fourth-order valence-electron chi connectivity index (χ4n) is 3.41. The first-order valence-corrected chi connectivity index (χ1v) is 11.9. The van der Waals surface area contributed by atoms with Crippen LogP contribution in [0.1, 0.15) is 29.7 Å². The van der Waals surface area contributed by atoms with Gasteiger partial charge in [0.15, 0.2) is 0 Å². The minimum atomic E-state index is -3.63. The molecule has 0 amide bonds. The van der Waals surface area contributed by atoms with E-state index in [-0.39, 0.29) is 17.0 Å². The van der Waals surface area contributed by atoms with E-state index in [0.717, 1.165) is 22.4 Å². The summed E-state index contributed by atoms with van der Waals surface area (Å²) < 4.78 is 34.2. The number of rotatable bonds is 10. The van der Waals surface area contributed by atoms with Crippen molar-refractivity contribution in [3.8, 4) is 5.75 Å². The van der Waals surface area contributed by atoms with Gasteiger partial charge in [-0.1, -0.05) is 60.2 Å². The topological polar surface area (TPSA) is 67.4 Å². The molecular formula is C25H30N2O3S. The number of hydrogen-bond donors (Lipinski definition) is 2. The number of methoxy groups -OCH3 is 1. The van der Waals surface area contributed by atoms with E-state index in [9.17, 15) is 8.42 Å². The van der Waals surface area contributed by atoms with Crippen molar-refractivity contribution < 1.29 is 13.2 Å². The van der Waals surface area contributed by atoms with Crippen molar-refractivity contribution in [2.75, 3.05) is 13.7 Å². The molecule has 0 saturated carbocycles. The molecule has 0 saturated heterocycles. The van der Waals surface area contributed by atoms with Crippen molar-refractivity contribution in [1.29, 1.82) is 0 Å². The van der Waals surface area contributed by atoms with Crippen molar-refractivity contribution >= 4 is 10.0 Å². The van der Waals surface area contributed by atoms with Crippen molar-refractivity contribution in [2.45, 2.75) is 37.2 Å². The van der Waals surface area contributed by atoms with Crippen LogP contribution in [0.15, 0.2) is 83.8 Å². The summed E-state index contributed by atoms with van der Waals surface area (Å²) in [5.74, 6) is 0.798. The minimum absolute atomic E-state index is 0.0391. The molecule has 164 valence electrons. The van der Waals surface area contributed by atoms with Crippen molar-refractivity contribution in [2.24, 2.45) is 0 Å². The van der Waals surface area contributed by atoms with Crippen LogP contribution in [-0.2, 0) is 16.4 Å². The standard InChI is InChI=1S/C25H30N2O3S/c1-19-12-14-25(15-13-19)31(28,29)27-23(16-21-8-5-4-6-9-21)18-26-20(2)22-10-7-11-24(17-22)30-3/h4-15,17,20,23,26-27H,16,18H2,1-3H3. The maximum absolute atomic E-state index is 13.0. The zero-order chi connectivity index (χ0) is 22.3. The van der Waals surface area contributed by atoms with Gasteiger partial charge in [0.2, 0.25) is 10.0 Å². The van der Waals surface area contributed by atoms with Gasteiger partial charge < -0.3 is 10.1 Å². The first-order chi connectivity index (χ1) is 14.9. The van der Waals surface area contributed by atoms with E-state index in [1.165, 1.54) is 0 Å². The average Bonchev–Trinajstić information content (AvgIpc) is 2.78. The molecule has 0 radical (unpaired) electrons. The highest BCUT2D eigenvalue weighted by molar-refractivity contribution is 7.89. The van der Waals surface area contributed by atoms with Gasteiger partial charge in [0, 0.05) is 18.6 Å². The molecule has 0 aliphatic heterocycles. The summed E-state index contributed by atoms with van der Waals surface area (Å²) in [4.78, 5) is 0.275. The van der Waals surface area contributed by atoms with E-state index in [0.29, 0.717) is 13.0 Å². The number of aryl methyl sites for hydroxylation is 1. The van der Waals surface area contributed by atoms with E-state index in [1.54, 1.807) is 19.2 Å². The van der Waals surface area contributed by atoms with Crippen LogP contribution in [0.25, 0.3) is 0 Å². The van der Waals surface area contributed by atoms with Gasteiger partial charge in [0.05, 0.1) is 12.0 Å². The molecule has 0 aliphatic rings. The predicted octanol–water partition coefficient (Wildman–Crippen LogP) is 4.24. The van der Waals surface area contributed by atoms with Crippen LogP contribution in [0.3, 0.4) is 0 Å². The number of hydrogen-bond acceptors (Lipinski definition) is 4. The number of ether oxygens (including phenoxy) is 1. The molecule has 2 unspecified atom stereocenters. The average molecular weight is 439 g/mol. The minimum Gasteiger partial charge on any atom is -0.497 e. The molecule has 2 N–H and O–H groups in total. The Balaban J connectivity index is 1.75.